The number of nitriles is 1. The van der Waals surface area contributed by atoms with E-state index < -0.39 is 0 Å². The molecule has 3 aliphatic carbocycles. The first kappa shape index (κ1) is 36.7. The quantitative estimate of drug-likeness (QED) is 0.215. The molecule has 1 saturated carbocycles. The Kier molecular flexibility index (Phi) is 12.9. The van der Waals surface area contributed by atoms with E-state index in [0.717, 1.165) is 106 Å². The van der Waals surface area contributed by atoms with Gasteiger partial charge in [0.05, 0.1) is 36.5 Å². The molecule has 3 atom stereocenters. The molecule has 0 saturated heterocycles. The maximum Gasteiger partial charge on any atom is 0.172 e. The van der Waals surface area contributed by atoms with E-state index in [4.69, 9.17) is 25.8 Å². The van der Waals surface area contributed by atoms with E-state index in [9.17, 15) is 10.4 Å². The topological polar surface area (TPSA) is 71.7 Å². The summed E-state index contributed by atoms with van der Waals surface area (Å²) in [7, 11) is 1.49. The second-order valence-electron chi connectivity index (χ2n) is 14.2. The lowest BCUT2D eigenvalue weighted by Gasteiger charge is -2.21. The van der Waals surface area contributed by atoms with Crippen molar-refractivity contribution in [1.82, 2.24) is 0 Å². The minimum Gasteiger partial charge on any atom is -0.494 e. The Morgan fingerprint density at radius 3 is 2.59 bits per heavy atom. The van der Waals surface area contributed by atoms with Crippen molar-refractivity contribution in [3.63, 3.8) is 0 Å². The maximum atomic E-state index is 15.2. The number of aliphatic hydroxyl groups is 1. The molecule has 0 radical (unpaired) electrons. The summed E-state index contributed by atoms with van der Waals surface area (Å²) in [6, 6.07) is 17.7. The number of nitrogens with zero attached hydrogens (tertiary/aromatic N) is 1. The summed E-state index contributed by atoms with van der Waals surface area (Å²) in [5.41, 5.74) is 6.60. The smallest absolute Gasteiger partial charge is 0.172 e. The zero-order valence-electron chi connectivity index (χ0n) is 29.6. The van der Waals surface area contributed by atoms with Crippen LogP contribution in [0.15, 0.2) is 84.0 Å². The van der Waals surface area contributed by atoms with Crippen molar-refractivity contribution < 1.29 is 23.7 Å². The van der Waals surface area contributed by atoms with Crippen LogP contribution in [-0.4, -0.2) is 31.5 Å². The molecule has 3 unspecified atom stereocenters. The van der Waals surface area contributed by atoms with Crippen molar-refractivity contribution in [3.05, 3.63) is 112 Å². The number of methoxy groups -OCH3 is 1. The van der Waals surface area contributed by atoms with Gasteiger partial charge >= 0.3 is 0 Å². The van der Waals surface area contributed by atoms with E-state index >= 15 is 4.39 Å². The van der Waals surface area contributed by atoms with Gasteiger partial charge in [-0.2, -0.15) is 5.26 Å². The summed E-state index contributed by atoms with van der Waals surface area (Å²) < 4.78 is 33.4. The van der Waals surface area contributed by atoms with Gasteiger partial charge in [-0.25, -0.2) is 4.39 Å². The van der Waals surface area contributed by atoms with Gasteiger partial charge in [0.2, 0.25) is 0 Å². The number of benzene rings is 3. The van der Waals surface area contributed by atoms with Crippen molar-refractivity contribution >= 4 is 11.6 Å². The van der Waals surface area contributed by atoms with Crippen molar-refractivity contribution in [2.75, 3.05) is 20.3 Å². The third-order valence-electron chi connectivity index (χ3n) is 10.7. The van der Waals surface area contributed by atoms with E-state index in [1.54, 1.807) is 6.07 Å². The average molecular weight is 710 g/mol. The predicted molar refractivity (Wildman–Crippen MR) is 202 cm³/mol. The summed E-state index contributed by atoms with van der Waals surface area (Å²) in [5, 5.41) is 20.4. The van der Waals surface area contributed by atoms with E-state index in [2.05, 4.69) is 18.2 Å². The van der Waals surface area contributed by atoms with Gasteiger partial charge < -0.3 is 19.3 Å². The number of halogens is 2. The molecule has 51 heavy (non-hydrogen) atoms. The number of aliphatic hydroxyl groups excluding tert-OH is 1. The molecule has 0 bridgehead atoms. The highest BCUT2D eigenvalue weighted by atomic mass is 35.5. The Bertz CT molecular complexity index is 1810. The minimum absolute atomic E-state index is 0.192. The molecular weight excluding hydrogens is 661 g/mol. The van der Waals surface area contributed by atoms with Gasteiger partial charge in [0.15, 0.2) is 11.6 Å². The molecule has 0 heterocycles. The largest absolute Gasteiger partial charge is 0.494 e. The molecule has 3 aromatic carbocycles. The lowest BCUT2D eigenvalue weighted by molar-refractivity contribution is 0.149. The van der Waals surface area contributed by atoms with E-state index in [-0.39, 0.29) is 17.7 Å². The predicted octanol–water partition coefficient (Wildman–Crippen LogP) is 11.0. The molecule has 268 valence electrons. The Morgan fingerprint density at radius 2 is 1.73 bits per heavy atom. The van der Waals surface area contributed by atoms with Crippen LogP contribution in [0.2, 0.25) is 5.02 Å². The summed E-state index contributed by atoms with van der Waals surface area (Å²) in [5.74, 6) is 2.06. The van der Waals surface area contributed by atoms with Crippen LogP contribution in [0.3, 0.4) is 0 Å². The van der Waals surface area contributed by atoms with E-state index in [1.165, 1.54) is 18.2 Å². The molecule has 0 spiro atoms. The van der Waals surface area contributed by atoms with Gasteiger partial charge in [-0.1, -0.05) is 86.2 Å². The fraction of sp³-hybridized carbons (Fsp3) is 0.432. The van der Waals surface area contributed by atoms with Crippen molar-refractivity contribution in [1.29, 1.82) is 5.26 Å². The zero-order chi connectivity index (χ0) is 35.6. The summed E-state index contributed by atoms with van der Waals surface area (Å²) in [6.45, 7) is 0.829. The molecule has 5 nitrogen and oxygen atoms in total. The Morgan fingerprint density at radius 1 is 0.922 bits per heavy atom. The van der Waals surface area contributed by atoms with E-state index in [1.807, 2.05) is 54.6 Å². The monoisotopic (exact) mass is 709 g/mol. The standard InChI is InChI=1S/C44H49ClFNO4/c1-49-41-19-9-18-39(44(41)46)37-17-8-16-36-33(20-21-38(36)37)22-23-50-43-27-42(51-29-32-12-4-2-3-11-31(24-32)28-47)34(26-40(43)45)25-30-10-5-6-14-35(48)15-7-13-30/h3,8-9,11-12,16-19,24,26-27,30,33,35,48H,2,4-7,10,13-15,20-23,25,29H2,1H3/b11-3+,31-24+,32-12+. The van der Waals surface area contributed by atoms with Crippen LogP contribution in [0, 0.1) is 23.1 Å². The number of fused-ring (bicyclic) bond motifs is 1. The first-order valence-corrected chi connectivity index (χ1v) is 19.0. The third kappa shape index (κ3) is 9.44. The van der Waals surface area contributed by atoms with Crippen molar-refractivity contribution in [3.8, 4) is 34.4 Å². The number of rotatable bonds is 11. The fourth-order valence-corrected chi connectivity index (χ4v) is 8.17. The van der Waals surface area contributed by atoms with Crippen molar-refractivity contribution in [2.24, 2.45) is 5.92 Å². The van der Waals surface area contributed by atoms with E-state index in [0.29, 0.717) is 47.0 Å². The van der Waals surface area contributed by atoms with Crippen LogP contribution in [0.5, 0.6) is 17.2 Å². The Labute approximate surface area is 307 Å². The highest BCUT2D eigenvalue weighted by molar-refractivity contribution is 6.32. The van der Waals surface area contributed by atoms with Gasteiger partial charge in [0.25, 0.3) is 0 Å². The summed E-state index contributed by atoms with van der Waals surface area (Å²) >= 11 is 6.93. The van der Waals surface area contributed by atoms with Gasteiger partial charge in [-0.15, -0.1) is 0 Å². The number of hydrogen-bond acceptors (Lipinski definition) is 5. The molecule has 1 fully saturated rings. The molecule has 6 rings (SSSR count). The molecule has 0 aliphatic heterocycles. The van der Waals surface area contributed by atoms with Crippen LogP contribution in [0.1, 0.15) is 93.2 Å². The third-order valence-corrected chi connectivity index (χ3v) is 11.0. The van der Waals surface area contributed by atoms with Gasteiger partial charge in [0, 0.05) is 11.6 Å². The second-order valence-corrected chi connectivity index (χ2v) is 14.6. The van der Waals surface area contributed by atoms with Crippen LogP contribution in [-0.2, 0) is 12.8 Å². The minimum atomic E-state index is -0.329. The molecule has 0 amide bonds. The number of ether oxygens (including phenoxy) is 3. The van der Waals surface area contributed by atoms with Crippen LogP contribution in [0.25, 0.3) is 11.1 Å². The first-order valence-electron chi connectivity index (χ1n) is 18.6. The SMILES string of the molecule is COc1cccc(-c2cccc3c2CCC3CCOc2cc(OCC3=C/CC/C=C/C(C#N)=C\3)c(CC3CCCCC(O)CCC3)cc2Cl)c1F. The molecule has 7 heteroatoms. The normalized spacial score (nSPS) is 23.4. The fourth-order valence-electron chi connectivity index (χ4n) is 7.93. The first-order chi connectivity index (χ1) is 24.9. The molecule has 3 aromatic rings. The Hall–Kier alpha value is -4.05. The molecule has 0 aromatic heterocycles. The lowest BCUT2D eigenvalue weighted by Crippen LogP contribution is -2.10. The Balaban J connectivity index is 1.18. The lowest BCUT2D eigenvalue weighted by atomic mass is 9.90. The zero-order valence-corrected chi connectivity index (χ0v) is 30.4. The molecular formula is C44H49ClFNO4. The number of allylic oxidation sites excluding steroid dienone is 4. The highest BCUT2D eigenvalue weighted by Crippen LogP contribution is 2.43. The maximum absolute atomic E-state index is 15.2. The number of hydrogen-bond donors (Lipinski definition) is 1. The highest BCUT2D eigenvalue weighted by Gasteiger charge is 2.27. The van der Waals surface area contributed by atoms with Gasteiger partial charge in [0.1, 0.15) is 18.1 Å². The summed E-state index contributed by atoms with van der Waals surface area (Å²) in [4.78, 5) is 0. The van der Waals surface area contributed by atoms with Crippen molar-refractivity contribution in [2.45, 2.75) is 95.5 Å². The average Bonchev–Trinajstić information content (AvgIpc) is 3.57. The summed E-state index contributed by atoms with van der Waals surface area (Å²) in [6.07, 6.45) is 20.1. The van der Waals surface area contributed by atoms with Crippen LogP contribution < -0.4 is 14.2 Å². The molecule has 3 aliphatic rings. The van der Waals surface area contributed by atoms with Crippen LogP contribution in [0.4, 0.5) is 4.39 Å². The second kappa shape index (κ2) is 17.9. The molecule has 1 N–H and O–H groups in total. The van der Waals surface area contributed by atoms with Crippen LogP contribution >= 0.6 is 11.6 Å². The van der Waals surface area contributed by atoms with Gasteiger partial charge in [-0.05, 0) is 115 Å². The van der Waals surface area contributed by atoms with Gasteiger partial charge in [-0.3, -0.25) is 0 Å².